The van der Waals surface area contributed by atoms with E-state index in [1.54, 1.807) is 18.2 Å². The van der Waals surface area contributed by atoms with Crippen LogP contribution in [0.2, 0.25) is 15.2 Å². The molecule has 0 aliphatic rings. The van der Waals surface area contributed by atoms with Gasteiger partial charge in [0.05, 0.1) is 23.7 Å². The number of nitrogens with one attached hydrogen (secondary N) is 2. The van der Waals surface area contributed by atoms with E-state index in [-0.39, 0.29) is 15.7 Å². The number of nitrogens with zero attached hydrogens (tertiary/aromatic N) is 2. The van der Waals surface area contributed by atoms with Crippen molar-refractivity contribution in [2.45, 2.75) is 27.3 Å². The molecule has 2 aromatic rings. The third kappa shape index (κ3) is 7.52. The number of allylic oxidation sites excluding steroid dienone is 1. The first kappa shape index (κ1) is 24.0. The Morgan fingerprint density at radius 2 is 2.03 bits per heavy atom. The third-order valence-corrected chi connectivity index (χ3v) is 4.61. The molecular formula is C21H23Cl3N4O2. The highest BCUT2D eigenvalue weighted by atomic mass is 35.5. The van der Waals surface area contributed by atoms with Crippen LogP contribution in [0.25, 0.3) is 0 Å². The molecule has 1 amide bonds. The van der Waals surface area contributed by atoms with E-state index >= 15 is 0 Å². The monoisotopic (exact) mass is 468 g/mol. The second-order valence-corrected chi connectivity index (χ2v) is 7.94. The van der Waals surface area contributed by atoms with Gasteiger partial charge in [0.15, 0.2) is 5.84 Å². The Morgan fingerprint density at radius 1 is 1.27 bits per heavy atom. The average molecular weight is 470 g/mol. The average Bonchev–Trinajstić information content (AvgIpc) is 2.69. The lowest BCUT2D eigenvalue weighted by Gasteiger charge is -2.14. The lowest BCUT2D eigenvalue weighted by molar-refractivity contribution is 0.0976. The molecule has 0 aliphatic heterocycles. The quantitative estimate of drug-likeness (QED) is 0.232. The number of halogens is 3. The summed E-state index contributed by atoms with van der Waals surface area (Å²) < 4.78 is 5.84. The molecule has 2 N–H and O–H groups in total. The number of carbonyl (C=O) groups excluding carboxylic acids is 1. The van der Waals surface area contributed by atoms with E-state index in [9.17, 15) is 4.79 Å². The zero-order valence-corrected chi connectivity index (χ0v) is 19.1. The Kier molecular flexibility index (Phi) is 9.43. The Hall–Kier alpha value is -2.28. The van der Waals surface area contributed by atoms with Crippen LogP contribution in [0.1, 0.15) is 36.7 Å². The van der Waals surface area contributed by atoms with Gasteiger partial charge in [-0.05, 0) is 43.2 Å². The smallest absolute Gasteiger partial charge is 0.258 e. The van der Waals surface area contributed by atoms with E-state index < -0.39 is 5.91 Å². The van der Waals surface area contributed by atoms with Gasteiger partial charge in [-0.2, -0.15) is 5.10 Å². The topological polar surface area (TPSA) is 75.6 Å². The van der Waals surface area contributed by atoms with E-state index in [1.165, 1.54) is 12.3 Å². The third-order valence-electron chi connectivity index (χ3n) is 3.69. The molecule has 0 radical (unpaired) electrons. The summed E-state index contributed by atoms with van der Waals surface area (Å²) in [5.41, 5.74) is 4.06. The highest BCUT2D eigenvalue weighted by molar-refractivity contribution is 6.41. The van der Waals surface area contributed by atoms with Crippen molar-refractivity contribution in [3.8, 4) is 5.75 Å². The van der Waals surface area contributed by atoms with E-state index in [4.69, 9.17) is 39.5 Å². The molecule has 30 heavy (non-hydrogen) atoms. The predicted octanol–water partition coefficient (Wildman–Crippen LogP) is 5.49. The van der Waals surface area contributed by atoms with Gasteiger partial charge in [-0.1, -0.05) is 54.7 Å². The number of pyridine rings is 1. The van der Waals surface area contributed by atoms with Crippen LogP contribution in [-0.2, 0) is 6.54 Å². The largest absolute Gasteiger partial charge is 0.493 e. The van der Waals surface area contributed by atoms with E-state index in [0.29, 0.717) is 29.9 Å². The molecule has 9 heteroatoms. The Bertz CT molecular complexity index is 946. The number of ether oxygens (including phenoxy) is 1. The minimum atomic E-state index is -0.413. The van der Waals surface area contributed by atoms with E-state index in [1.807, 2.05) is 19.1 Å². The highest BCUT2D eigenvalue weighted by Gasteiger charge is 2.11. The van der Waals surface area contributed by atoms with E-state index in [2.05, 4.69) is 34.7 Å². The molecule has 0 aliphatic carbocycles. The van der Waals surface area contributed by atoms with Crippen molar-refractivity contribution in [2.24, 2.45) is 11.0 Å². The van der Waals surface area contributed by atoms with Crippen LogP contribution in [-0.4, -0.2) is 23.3 Å². The van der Waals surface area contributed by atoms with Crippen molar-refractivity contribution in [3.05, 3.63) is 68.9 Å². The molecule has 0 atom stereocenters. The minimum absolute atomic E-state index is 0.134. The summed E-state index contributed by atoms with van der Waals surface area (Å²) in [7, 11) is 0. The van der Waals surface area contributed by atoms with Gasteiger partial charge >= 0.3 is 0 Å². The SMILES string of the molecule is C/C=C/C(=N\NCc1cc(Cl)ccc1OCC(C)C)NC(=O)c1cnc(Cl)c(Cl)c1. The fraction of sp³-hybridized carbons (Fsp3) is 0.286. The second-order valence-electron chi connectivity index (χ2n) is 6.74. The number of rotatable bonds is 8. The maximum atomic E-state index is 12.4. The molecule has 0 saturated carbocycles. The van der Waals surface area contributed by atoms with Crippen LogP contribution in [0.15, 0.2) is 47.7 Å². The number of hydrogen-bond acceptors (Lipinski definition) is 5. The fourth-order valence-corrected chi connectivity index (χ4v) is 2.76. The van der Waals surface area contributed by atoms with Crippen molar-refractivity contribution in [1.29, 1.82) is 0 Å². The standard InChI is InChI=1S/C21H23Cl3N4O2/c1-4-5-19(27-21(29)15-9-17(23)20(24)25-10-15)28-26-11-14-8-16(22)6-7-18(14)30-12-13(2)3/h4-10,13,26H,11-12H2,1-3H3,(H,27,28,29)/b5-4+. The van der Waals surface area contributed by atoms with Gasteiger partial charge in [-0.3, -0.25) is 4.79 Å². The number of aromatic nitrogens is 1. The molecule has 0 unspecified atom stereocenters. The Balaban J connectivity index is 2.09. The summed E-state index contributed by atoms with van der Waals surface area (Å²) in [6.45, 7) is 6.92. The number of carbonyl (C=O) groups is 1. The molecular weight excluding hydrogens is 447 g/mol. The lowest BCUT2D eigenvalue weighted by Crippen LogP contribution is -2.31. The summed E-state index contributed by atoms with van der Waals surface area (Å²) in [5.74, 6) is 1.03. The van der Waals surface area contributed by atoms with Crippen LogP contribution in [0.3, 0.4) is 0 Å². The molecule has 0 bridgehead atoms. The fourth-order valence-electron chi connectivity index (χ4n) is 2.29. The van der Waals surface area contributed by atoms with E-state index in [0.717, 1.165) is 11.3 Å². The zero-order valence-electron chi connectivity index (χ0n) is 16.9. The molecule has 0 fully saturated rings. The second kappa shape index (κ2) is 11.8. The summed E-state index contributed by atoms with van der Waals surface area (Å²) in [4.78, 5) is 16.3. The maximum absolute atomic E-state index is 12.4. The number of amides is 1. The number of hydrazone groups is 1. The van der Waals surface area contributed by atoms with Crippen LogP contribution >= 0.6 is 34.8 Å². The van der Waals surface area contributed by atoms with Gasteiger partial charge in [-0.15, -0.1) is 0 Å². The summed E-state index contributed by atoms with van der Waals surface area (Å²) in [5, 5.41) is 7.87. The number of benzene rings is 1. The zero-order chi connectivity index (χ0) is 22.1. The van der Waals surface area contributed by atoms with Crippen molar-refractivity contribution in [2.75, 3.05) is 6.61 Å². The first-order chi connectivity index (χ1) is 14.3. The number of hydrogen-bond donors (Lipinski definition) is 2. The normalized spacial score (nSPS) is 11.8. The first-order valence-corrected chi connectivity index (χ1v) is 10.4. The van der Waals surface area contributed by atoms with Crippen LogP contribution in [0.4, 0.5) is 0 Å². The van der Waals surface area contributed by atoms with Crippen molar-refractivity contribution < 1.29 is 9.53 Å². The van der Waals surface area contributed by atoms with Crippen LogP contribution < -0.4 is 15.5 Å². The Labute approximate surface area is 191 Å². The lowest BCUT2D eigenvalue weighted by atomic mass is 10.2. The molecule has 0 spiro atoms. The van der Waals surface area contributed by atoms with Crippen LogP contribution in [0, 0.1) is 5.92 Å². The number of amidine groups is 1. The maximum Gasteiger partial charge on any atom is 0.258 e. The summed E-state index contributed by atoms with van der Waals surface area (Å²) >= 11 is 17.8. The van der Waals surface area contributed by atoms with Gasteiger partial charge in [-0.25, -0.2) is 4.98 Å². The molecule has 6 nitrogen and oxygen atoms in total. The summed E-state index contributed by atoms with van der Waals surface area (Å²) in [6.07, 6.45) is 4.75. The minimum Gasteiger partial charge on any atom is -0.493 e. The van der Waals surface area contributed by atoms with Gasteiger partial charge in [0.25, 0.3) is 5.91 Å². The predicted molar refractivity (Wildman–Crippen MR) is 123 cm³/mol. The van der Waals surface area contributed by atoms with Crippen molar-refractivity contribution >= 4 is 46.5 Å². The van der Waals surface area contributed by atoms with Gasteiger partial charge in [0, 0.05) is 16.8 Å². The van der Waals surface area contributed by atoms with Crippen molar-refractivity contribution in [3.63, 3.8) is 0 Å². The molecule has 1 heterocycles. The molecule has 1 aromatic heterocycles. The molecule has 2 rings (SSSR count). The van der Waals surface area contributed by atoms with Crippen molar-refractivity contribution in [1.82, 2.24) is 15.7 Å². The molecule has 160 valence electrons. The molecule has 1 aromatic carbocycles. The first-order valence-electron chi connectivity index (χ1n) is 9.27. The van der Waals surface area contributed by atoms with Gasteiger partial charge in [0.2, 0.25) is 0 Å². The van der Waals surface area contributed by atoms with Gasteiger partial charge in [0.1, 0.15) is 10.9 Å². The van der Waals surface area contributed by atoms with Crippen LogP contribution in [0.5, 0.6) is 5.75 Å². The summed E-state index contributed by atoms with van der Waals surface area (Å²) in [6, 6.07) is 6.87. The van der Waals surface area contributed by atoms with Gasteiger partial charge < -0.3 is 15.5 Å². The molecule has 0 saturated heterocycles. The Morgan fingerprint density at radius 3 is 2.70 bits per heavy atom. The highest BCUT2D eigenvalue weighted by Crippen LogP contribution is 2.23.